The summed E-state index contributed by atoms with van der Waals surface area (Å²) in [6, 6.07) is 4.39. The standard InChI is InChI=1S/C11H14N2O3S2/c12-7-8-5-6-11(17-8)18(15,16)13-9-3-1-2-4-10(9)14/h5-6,9-10,13-14H,1-4H2/t9-,10-/m0/s1. The molecular formula is C11H14N2O3S2. The molecule has 98 valence electrons. The Morgan fingerprint density at radius 3 is 2.72 bits per heavy atom. The third kappa shape index (κ3) is 2.90. The summed E-state index contributed by atoms with van der Waals surface area (Å²) in [5.74, 6) is 0. The van der Waals surface area contributed by atoms with Crippen LogP contribution < -0.4 is 4.72 Å². The van der Waals surface area contributed by atoms with E-state index < -0.39 is 22.2 Å². The minimum absolute atomic E-state index is 0.122. The van der Waals surface area contributed by atoms with Gasteiger partial charge in [0.05, 0.1) is 6.10 Å². The van der Waals surface area contributed by atoms with Gasteiger partial charge in [-0.25, -0.2) is 13.1 Å². The van der Waals surface area contributed by atoms with E-state index in [1.165, 1.54) is 12.1 Å². The van der Waals surface area contributed by atoms with Crippen molar-refractivity contribution in [3.05, 3.63) is 17.0 Å². The summed E-state index contributed by atoms with van der Waals surface area (Å²) in [7, 11) is -3.62. The van der Waals surface area contributed by atoms with Gasteiger partial charge >= 0.3 is 0 Å². The third-order valence-corrected chi connectivity index (χ3v) is 5.96. The average Bonchev–Trinajstić information content (AvgIpc) is 2.81. The summed E-state index contributed by atoms with van der Waals surface area (Å²) in [6.45, 7) is 0. The molecule has 7 heteroatoms. The molecule has 0 unspecified atom stereocenters. The lowest BCUT2D eigenvalue weighted by molar-refractivity contribution is 0.101. The molecule has 1 aliphatic rings. The van der Waals surface area contributed by atoms with E-state index in [0.29, 0.717) is 17.7 Å². The molecule has 2 atom stereocenters. The number of hydrogen-bond acceptors (Lipinski definition) is 5. The Morgan fingerprint density at radius 2 is 2.11 bits per heavy atom. The molecule has 2 N–H and O–H groups in total. The van der Waals surface area contributed by atoms with E-state index in [2.05, 4.69) is 4.72 Å². The Labute approximate surface area is 110 Å². The first-order valence-electron chi connectivity index (χ1n) is 5.73. The van der Waals surface area contributed by atoms with Crippen LogP contribution in [0.15, 0.2) is 16.3 Å². The fraction of sp³-hybridized carbons (Fsp3) is 0.545. The molecule has 1 aliphatic carbocycles. The first-order valence-corrected chi connectivity index (χ1v) is 8.03. The topological polar surface area (TPSA) is 90.2 Å². The number of nitrogens with one attached hydrogen (secondary N) is 1. The van der Waals surface area contributed by atoms with Crippen LogP contribution in [0.5, 0.6) is 0 Å². The van der Waals surface area contributed by atoms with E-state index in [0.717, 1.165) is 24.2 Å². The molecule has 1 saturated carbocycles. The zero-order chi connectivity index (χ0) is 13.2. The lowest BCUT2D eigenvalue weighted by Gasteiger charge is -2.27. The van der Waals surface area contributed by atoms with Crippen molar-refractivity contribution >= 4 is 21.4 Å². The monoisotopic (exact) mass is 286 g/mol. The molecule has 0 amide bonds. The van der Waals surface area contributed by atoms with Crippen molar-refractivity contribution in [2.75, 3.05) is 0 Å². The fourth-order valence-electron chi connectivity index (χ4n) is 2.03. The van der Waals surface area contributed by atoms with Crippen LogP contribution in [-0.4, -0.2) is 25.7 Å². The van der Waals surface area contributed by atoms with E-state index in [4.69, 9.17) is 5.26 Å². The first-order chi connectivity index (χ1) is 8.53. The molecule has 0 saturated heterocycles. The van der Waals surface area contributed by atoms with Gasteiger partial charge in [-0.2, -0.15) is 5.26 Å². The minimum Gasteiger partial charge on any atom is -0.391 e. The van der Waals surface area contributed by atoms with Gasteiger partial charge in [-0.1, -0.05) is 12.8 Å². The zero-order valence-electron chi connectivity index (χ0n) is 9.67. The number of rotatable bonds is 3. The van der Waals surface area contributed by atoms with Gasteiger partial charge in [0.15, 0.2) is 0 Å². The molecule has 0 bridgehead atoms. The molecule has 1 heterocycles. The lowest BCUT2D eigenvalue weighted by atomic mass is 9.93. The molecule has 18 heavy (non-hydrogen) atoms. The van der Waals surface area contributed by atoms with Gasteiger partial charge in [-0.05, 0) is 25.0 Å². The molecule has 0 aliphatic heterocycles. The predicted molar refractivity (Wildman–Crippen MR) is 67.6 cm³/mol. The van der Waals surface area contributed by atoms with Crippen molar-refractivity contribution in [1.29, 1.82) is 5.26 Å². The van der Waals surface area contributed by atoms with Gasteiger partial charge in [0.1, 0.15) is 15.2 Å². The molecule has 1 aromatic rings. The van der Waals surface area contributed by atoms with Gasteiger partial charge in [0.25, 0.3) is 0 Å². The van der Waals surface area contributed by atoms with Crippen LogP contribution in [0, 0.1) is 11.3 Å². The Hall–Kier alpha value is -0.940. The molecule has 2 rings (SSSR count). The number of hydrogen-bond donors (Lipinski definition) is 2. The smallest absolute Gasteiger partial charge is 0.250 e. The first kappa shape index (κ1) is 13.5. The Bertz CT molecular complexity index is 559. The summed E-state index contributed by atoms with van der Waals surface area (Å²) in [5, 5.41) is 18.4. The second kappa shape index (κ2) is 5.36. The van der Waals surface area contributed by atoms with Crippen molar-refractivity contribution < 1.29 is 13.5 Å². The van der Waals surface area contributed by atoms with Gasteiger partial charge in [0.2, 0.25) is 10.0 Å². The highest BCUT2D eigenvalue weighted by Crippen LogP contribution is 2.24. The minimum atomic E-state index is -3.62. The lowest BCUT2D eigenvalue weighted by Crippen LogP contribution is -2.44. The van der Waals surface area contributed by atoms with E-state index in [1.807, 2.05) is 6.07 Å². The number of nitriles is 1. The number of aliphatic hydroxyl groups is 1. The maximum absolute atomic E-state index is 12.1. The van der Waals surface area contributed by atoms with Gasteiger partial charge in [0, 0.05) is 6.04 Å². The second-order valence-electron chi connectivity index (χ2n) is 4.31. The van der Waals surface area contributed by atoms with Crippen LogP contribution in [0.4, 0.5) is 0 Å². The van der Waals surface area contributed by atoms with Crippen LogP contribution in [0.1, 0.15) is 30.6 Å². The average molecular weight is 286 g/mol. The number of sulfonamides is 1. The zero-order valence-corrected chi connectivity index (χ0v) is 11.3. The summed E-state index contributed by atoms with van der Waals surface area (Å²) >= 11 is 0.936. The number of thiophene rings is 1. The number of aliphatic hydroxyl groups excluding tert-OH is 1. The molecular weight excluding hydrogens is 272 g/mol. The highest BCUT2D eigenvalue weighted by atomic mass is 32.2. The predicted octanol–water partition coefficient (Wildman–Crippen LogP) is 1.20. The third-order valence-electron chi connectivity index (χ3n) is 2.99. The van der Waals surface area contributed by atoms with E-state index in [-0.39, 0.29) is 4.21 Å². The second-order valence-corrected chi connectivity index (χ2v) is 7.33. The Morgan fingerprint density at radius 1 is 1.39 bits per heavy atom. The van der Waals surface area contributed by atoms with Crippen molar-refractivity contribution in [3.63, 3.8) is 0 Å². The van der Waals surface area contributed by atoms with Gasteiger partial charge < -0.3 is 5.11 Å². The van der Waals surface area contributed by atoms with Crippen LogP contribution in [0.25, 0.3) is 0 Å². The highest BCUT2D eigenvalue weighted by Gasteiger charge is 2.28. The van der Waals surface area contributed by atoms with Crippen molar-refractivity contribution in [2.24, 2.45) is 0 Å². The maximum atomic E-state index is 12.1. The summed E-state index contributed by atoms with van der Waals surface area (Å²) in [4.78, 5) is 0.361. The summed E-state index contributed by atoms with van der Waals surface area (Å²) < 4.78 is 26.8. The van der Waals surface area contributed by atoms with Crippen molar-refractivity contribution in [2.45, 2.75) is 42.0 Å². The van der Waals surface area contributed by atoms with E-state index >= 15 is 0 Å². The van der Waals surface area contributed by atoms with E-state index in [1.54, 1.807) is 0 Å². The molecule has 1 fully saturated rings. The van der Waals surface area contributed by atoms with E-state index in [9.17, 15) is 13.5 Å². The Kier molecular flexibility index (Phi) is 4.02. The number of nitrogens with zero attached hydrogens (tertiary/aromatic N) is 1. The normalized spacial score (nSPS) is 24.7. The fourth-order valence-corrected chi connectivity index (χ4v) is 4.45. The summed E-state index contributed by atoms with van der Waals surface area (Å²) in [5.41, 5.74) is 0. The molecule has 0 aromatic carbocycles. The SMILES string of the molecule is N#Cc1ccc(S(=O)(=O)N[C@H]2CCCC[C@@H]2O)s1. The van der Waals surface area contributed by atoms with Crippen LogP contribution in [0.2, 0.25) is 0 Å². The van der Waals surface area contributed by atoms with Crippen molar-refractivity contribution in [1.82, 2.24) is 4.72 Å². The Balaban J connectivity index is 2.14. The van der Waals surface area contributed by atoms with Gasteiger partial charge in [-0.15, -0.1) is 11.3 Å². The van der Waals surface area contributed by atoms with Crippen molar-refractivity contribution in [3.8, 4) is 6.07 Å². The largest absolute Gasteiger partial charge is 0.391 e. The molecule has 5 nitrogen and oxygen atoms in total. The van der Waals surface area contributed by atoms with Gasteiger partial charge in [-0.3, -0.25) is 0 Å². The molecule has 0 spiro atoms. The molecule has 0 radical (unpaired) electrons. The van der Waals surface area contributed by atoms with Crippen LogP contribution >= 0.6 is 11.3 Å². The van der Waals surface area contributed by atoms with Crippen LogP contribution in [0.3, 0.4) is 0 Å². The molecule has 1 aromatic heterocycles. The maximum Gasteiger partial charge on any atom is 0.250 e. The quantitative estimate of drug-likeness (QED) is 0.873. The van der Waals surface area contributed by atoms with Crippen LogP contribution in [-0.2, 0) is 10.0 Å². The highest BCUT2D eigenvalue weighted by molar-refractivity contribution is 7.91. The summed E-state index contributed by atoms with van der Waals surface area (Å²) in [6.07, 6.45) is 2.50.